The molecule has 0 aliphatic rings. The van der Waals surface area contributed by atoms with Crippen LogP contribution in [-0.4, -0.2) is 17.0 Å². The SMILES string of the molecule is NC(N)=NC(=O)c1ccc2cccc(-c3c(O)cccc3Cl)c2c1. The maximum absolute atomic E-state index is 12.1. The van der Waals surface area contributed by atoms with E-state index in [0.29, 0.717) is 16.1 Å². The lowest BCUT2D eigenvalue weighted by Gasteiger charge is -2.11. The number of aromatic hydroxyl groups is 1. The molecular formula is C18H14ClN3O2. The third-order valence-corrected chi connectivity index (χ3v) is 3.94. The molecule has 0 aliphatic heterocycles. The molecule has 1 amide bonds. The van der Waals surface area contributed by atoms with E-state index in [4.69, 9.17) is 23.1 Å². The number of carbonyl (C=O) groups is 1. The van der Waals surface area contributed by atoms with E-state index in [1.54, 1.807) is 36.4 Å². The second kappa shape index (κ2) is 6.22. The number of benzene rings is 3. The van der Waals surface area contributed by atoms with Crippen molar-refractivity contribution in [2.45, 2.75) is 0 Å². The largest absolute Gasteiger partial charge is 0.507 e. The zero-order chi connectivity index (χ0) is 17.3. The number of phenolic OH excluding ortho intramolecular Hbond substituents is 1. The third kappa shape index (κ3) is 2.89. The van der Waals surface area contributed by atoms with Crippen molar-refractivity contribution in [1.82, 2.24) is 0 Å². The number of phenols is 1. The van der Waals surface area contributed by atoms with E-state index in [1.807, 2.05) is 18.2 Å². The summed E-state index contributed by atoms with van der Waals surface area (Å²) in [7, 11) is 0. The summed E-state index contributed by atoms with van der Waals surface area (Å²) in [4.78, 5) is 15.6. The van der Waals surface area contributed by atoms with Gasteiger partial charge in [-0.1, -0.05) is 41.9 Å². The van der Waals surface area contributed by atoms with Gasteiger partial charge in [-0.25, -0.2) is 0 Å². The molecule has 5 nitrogen and oxygen atoms in total. The summed E-state index contributed by atoms with van der Waals surface area (Å²) in [5, 5.41) is 12.3. The van der Waals surface area contributed by atoms with Gasteiger partial charge in [0.25, 0.3) is 5.91 Å². The number of guanidine groups is 1. The highest BCUT2D eigenvalue weighted by molar-refractivity contribution is 6.34. The van der Waals surface area contributed by atoms with E-state index in [1.165, 1.54) is 0 Å². The van der Waals surface area contributed by atoms with Crippen LogP contribution in [0.2, 0.25) is 5.02 Å². The van der Waals surface area contributed by atoms with Crippen LogP contribution < -0.4 is 11.5 Å². The van der Waals surface area contributed by atoms with E-state index in [-0.39, 0.29) is 11.7 Å². The lowest BCUT2D eigenvalue weighted by atomic mass is 9.96. The number of carbonyl (C=O) groups excluding carboxylic acids is 1. The van der Waals surface area contributed by atoms with Crippen molar-refractivity contribution in [2.24, 2.45) is 16.5 Å². The minimum atomic E-state index is -0.532. The lowest BCUT2D eigenvalue weighted by Crippen LogP contribution is -2.24. The molecule has 0 heterocycles. The van der Waals surface area contributed by atoms with Gasteiger partial charge in [-0.15, -0.1) is 0 Å². The summed E-state index contributed by atoms with van der Waals surface area (Å²) in [6, 6.07) is 15.6. The fourth-order valence-electron chi connectivity index (χ4n) is 2.58. The van der Waals surface area contributed by atoms with Gasteiger partial charge in [-0.05, 0) is 40.6 Å². The predicted molar refractivity (Wildman–Crippen MR) is 96.2 cm³/mol. The Balaban J connectivity index is 2.26. The number of fused-ring (bicyclic) bond motifs is 1. The van der Waals surface area contributed by atoms with Gasteiger partial charge in [-0.2, -0.15) is 4.99 Å². The molecular weight excluding hydrogens is 326 g/mol. The van der Waals surface area contributed by atoms with Crippen molar-refractivity contribution in [3.05, 3.63) is 65.2 Å². The molecule has 6 heteroatoms. The maximum Gasteiger partial charge on any atom is 0.280 e. The first-order chi connectivity index (χ1) is 11.5. The number of rotatable bonds is 2. The zero-order valence-corrected chi connectivity index (χ0v) is 13.3. The van der Waals surface area contributed by atoms with Gasteiger partial charge in [0.1, 0.15) is 5.75 Å². The van der Waals surface area contributed by atoms with Gasteiger partial charge >= 0.3 is 0 Å². The standard InChI is InChI=1S/C18H14ClN3O2/c19-14-5-2-6-15(23)16(14)12-4-1-3-10-7-8-11(9-13(10)12)17(24)22-18(20)21/h1-9,23H,(H4,20,21,22,24). The van der Waals surface area contributed by atoms with Crippen LogP contribution in [0.5, 0.6) is 5.75 Å². The summed E-state index contributed by atoms with van der Waals surface area (Å²) in [5.74, 6) is -0.761. The Bertz CT molecular complexity index is 959. The topological polar surface area (TPSA) is 102 Å². The van der Waals surface area contributed by atoms with Crippen molar-refractivity contribution in [2.75, 3.05) is 0 Å². The van der Waals surface area contributed by atoms with E-state index >= 15 is 0 Å². The Hall–Kier alpha value is -3.05. The monoisotopic (exact) mass is 339 g/mol. The summed E-state index contributed by atoms with van der Waals surface area (Å²) >= 11 is 6.25. The summed E-state index contributed by atoms with van der Waals surface area (Å²) < 4.78 is 0. The molecule has 0 saturated heterocycles. The maximum atomic E-state index is 12.1. The van der Waals surface area contributed by atoms with Gasteiger partial charge in [0, 0.05) is 11.1 Å². The van der Waals surface area contributed by atoms with E-state index in [0.717, 1.165) is 16.3 Å². The molecule has 0 radical (unpaired) electrons. The van der Waals surface area contributed by atoms with E-state index < -0.39 is 5.91 Å². The van der Waals surface area contributed by atoms with Gasteiger partial charge < -0.3 is 16.6 Å². The molecule has 120 valence electrons. The van der Waals surface area contributed by atoms with Gasteiger partial charge in [0.05, 0.1) is 5.02 Å². The molecule has 24 heavy (non-hydrogen) atoms. The minimum Gasteiger partial charge on any atom is -0.507 e. The highest BCUT2D eigenvalue weighted by atomic mass is 35.5. The molecule has 0 aliphatic carbocycles. The normalized spacial score (nSPS) is 10.5. The van der Waals surface area contributed by atoms with Gasteiger partial charge in [0.2, 0.25) is 0 Å². The first-order valence-electron chi connectivity index (χ1n) is 7.12. The fourth-order valence-corrected chi connectivity index (χ4v) is 2.86. The number of hydrogen-bond donors (Lipinski definition) is 3. The Morgan fingerprint density at radius 3 is 2.50 bits per heavy atom. The highest BCUT2D eigenvalue weighted by Crippen LogP contribution is 2.39. The molecule has 0 bridgehead atoms. The number of aliphatic imine (C=N–C) groups is 1. The molecule has 0 saturated carbocycles. The van der Waals surface area contributed by atoms with Gasteiger partial charge in [0.15, 0.2) is 5.96 Å². The Morgan fingerprint density at radius 1 is 1.04 bits per heavy atom. The number of nitrogens with two attached hydrogens (primary N) is 2. The average Bonchev–Trinajstić information content (AvgIpc) is 2.53. The van der Waals surface area contributed by atoms with E-state index in [9.17, 15) is 9.90 Å². The number of nitrogens with zero attached hydrogens (tertiary/aromatic N) is 1. The van der Waals surface area contributed by atoms with Crippen LogP contribution in [0.1, 0.15) is 10.4 Å². The molecule has 0 spiro atoms. The molecule has 0 aromatic heterocycles. The Kier molecular flexibility index (Phi) is 4.10. The van der Waals surface area contributed by atoms with Crippen molar-refractivity contribution in [3.8, 4) is 16.9 Å². The van der Waals surface area contributed by atoms with Crippen molar-refractivity contribution >= 4 is 34.2 Å². The molecule has 0 unspecified atom stereocenters. The number of halogens is 1. The first-order valence-corrected chi connectivity index (χ1v) is 7.50. The molecule has 3 rings (SSSR count). The molecule has 0 fully saturated rings. The molecule has 3 aromatic rings. The summed E-state index contributed by atoms with van der Waals surface area (Å²) in [5.41, 5.74) is 12.1. The van der Waals surface area contributed by atoms with Crippen LogP contribution in [0.3, 0.4) is 0 Å². The lowest BCUT2D eigenvalue weighted by molar-refractivity contribution is 0.100. The Morgan fingerprint density at radius 2 is 1.79 bits per heavy atom. The van der Waals surface area contributed by atoms with Crippen LogP contribution in [0.15, 0.2) is 59.6 Å². The third-order valence-electron chi connectivity index (χ3n) is 3.62. The Labute approximate surface area is 143 Å². The zero-order valence-electron chi connectivity index (χ0n) is 12.5. The van der Waals surface area contributed by atoms with E-state index in [2.05, 4.69) is 4.99 Å². The second-order valence-corrected chi connectivity index (χ2v) is 5.62. The van der Waals surface area contributed by atoms with Crippen LogP contribution in [-0.2, 0) is 0 Å². The van der Waals surface area contributed by atoms with Crippen LogP contribution >= 0.6 is 11.6 Å². The smallest absolute Gasteiger partial charge is 0.280 e. The molecule has 3 aromatic carbocycles. The minimum absolute atomic E-state index is 0.0657. The van der Waals surface area contributed by atoms with Crippen molar-refractivity contribution in [1.29, 1.82) is 0 Å². The van der Waals surface area contributed by atoms with Crippen molar-refractivity contribution < 1.29 is 9.90 Å². The second-order valence-electron chi connectivity index (χ2n) is 5.22. The summed E-state index contributed by atoms with van der Waals surface area (Å²) in [6.45, 7) is 0. The van der Waals surface area contributed by atoms with Crippen LogP contribution in [0.4, 0.5) is 0 Å². The number of hydrogen-bond acceptors (Lipinski definition) is 2. The predicted octanol–water partition coefficient (Wildman–Crippen LogP) is 3.28. The van der Waals surface area contributed by atoms with Crippen molar-refractivity contribution in [3.63, 3.8) is 0 Å². The summed E-state index contributed by atoms with van der Waals surface area (Å²) in [6.07, 6.45) is 0. The quantitative estimate of drug-likeness (QED) is 0.492. The highest BCUT2D eigenvalue weighted by Gasteiger charge is 2.14. The number of amides is 1. The fraction of sp³-hybridized carbons (Fsp3) is 0. The van der Waals surface area contributed by atoms with Crippen LogP contribution in [0.25, 0.3) is 21.9 Å². The average molecular weight is 340 g/mol. The van der Waals surface area contributed by atoms with Gasteiger partial charge in [-0.3, -0.25) is 4.79 Å². The molecule has 5 N–H and O–H groups in total. The molecule has 0 atom stereocenters. The van der Waals surface area contributed by atoms with Crippen LogP contribution in [0, 0.1) is 0 Å². The first kappa shape index (κ1) is 15.8.